The lowest BCUT2D eigenvalue weighted by Gasteiger charge is -2.39. The third-order valence-corrected chi connectivity index (χ3v) is 4.98. The first-order chi connectivity index (χ1) is 11.8. The number of fused-ring (bicyclic) bond motifs is 3. The molecule has 6 heteroatoms. The Morgan fingerprint density at radius 2 is 1.96 bits per heavy atom. The summed E-state index contributed by atoms with van der Waals surface area (Å²) in [6, 6.07) is 3.24. The van der Waals surface area contributed by atoms with Crippen LogP contribution in [0.1, 0.15) is 38.4 Å². The molecule has 0 aliphatic carbocycles. The van der Waals surface area contributed by atoms with E-state index in [9.17, 15) is 9.90 Å². The van der Waals surface area contributed by atoms with Gasteiger partial charge in [0.05, 0.1) is 19.8 Å². The van der Waals surface area contributed by atoms with E-state index in [4.69, 9.17) is 9.47 Å². The number of methoxy groups -OCH3 is 2. The maximum atomic E-state index is 11.7. The second kappa shape index (κ2) is 6.26. The summed E-state index contributed by atoms with van der Waals surface area (Å²) in [5.74, 6) is 0.901. The van der Waals surface area contributed by atoms with Crippen LogP contribution < -0.4 is 14.8 Å². The minimum atomic E-state index is -0.824. The van der Waals surface area contributed by atoms with Crippen molar-refractivity contribution in [1.29, 1.82) is 0 Å². The Bertz CT molecular complexity index is 811. The topological polar surface area (TPSA) is 83.6 Å². The Labute approximate surface area is 147 Å². The van der Waals surface area contributed by atoms with E-state index in [0.29, 0.717) is 23.8 Å². The molecule has 3 rings (SSSR count). The maximum absolute atomic E-state index is 11.7. The number of ether oxygens (including phenoxy) is 2. The fraction of sp³-hybridized carbons (Fsp3) is 0.526. The van der Waals surface area contributed by atoms with Gasteiger partial charge in [-0.3, -0.25) is 10.1 Å². The van der Waals surface area contributed by atoms with Crippen molar-refractivity contribution in [3.05, 3.63) is 23.4 Å². The first-order valence-corrected chi connectivity index (χ1v) is 8.56. The molecule has 2 atom stereocenters. The molecule has 2 aromatic rings. The largest absolute Gasteiger partial charge is 0.493 e. The zero-order valence-electron chi connectivity index (χ0n) is 15.4. The van der Waals surface area contributed by atoms with Gasteiger partial charge in [-0.25, -0.2) is 0 Å². The lowest BCUT2D eigenvalue weighted by atomic mass is 9.80. The molecule has 0 radical (unpaired) electrons. The van der Waals surface area contributed by atoms with E-state index in [1.165, 1.54) is 0 Å². The molecule has 136 valence electrons. The number of aromatic amines is 1. The lowest BCUT2D eigenvalue weighted by Crippen LogP contribution is -2.54. The smallest absolute Gasteiger partial charge is 0.321 e. The van der Waals surface area contributed by atoms with Gasteiger partial charge in [-0.2, -0.15) is 0 Å². The molecule has 1 aliphatic heterocycles. The van der Waals surface area contributed by atoms with E-state index >= 15 is 0 Å². The van der Waals surface area contributed by atoms with E-state index < -0.39 is 17.6 Å². The first-order valence-electron chi connectivity index (χ1n) is 8.56. The first kappa shape index (κ1) is 17.6. The average Bonchev–Trinajstić information content (AvgIpc) is 2.91. The number of hydrogen-bond donors (Lipinski definition) is 3. The van der Waals surface area contributed by atoms with Crippen LogP contribution in [0, 0.1) is 5.92 Å². The van der Waals surface area contributed by atoms with E-state index in [1.54, 1.807) is 14.2 Å². The molecule has 6 nitrogen and oxygen atoms in total. The van der Waals surface area contributed by atoms with Gasteiger partial charge in [0.2, 0.25) is 0 Å². The van der Waals surface area contributed by atoms with Crippen LogP contribution in [0.2, 0.25) is 0 Å². The van der Waals surface area contributed by atoms with E-state index in [0.717, 1.165) is 28.6 Å². The number of aromatic nitrogens is 1. The minimum Gasteiger partial charge on any atom is -0.493 e. The summed E-state index contributed by atoms with van der Waals surface area (Å²) in [7, 11) is 3.21. The van der Waals surface area contributed by atoms with Crippen molar-refractivity contribution < 1.29 is 19.4 Å². The van der Waals surface area contributed by atoms with Crippen molar-refractivity contribution in [1.82, 2.24) is 10.3 Å². The van der Waals surface area contributed by atoms with Crippen molar-refractivity contribution in [2.75, 3.05) is 14.2 Å². The van der Waals surface area contributed by atoms with Crippen LogP contribution in [0.4, 0.5) is 0 Å². The van der Waals surface area contributed by atoms with Gasteiger partial charge in [-0.05, 0) is 30.9 Å². The highest BCUT2D eigenvalue weighted by Gasteiger charge is 2.41. The molecule has 1 aliphatic rings. The summed E-state index contributed by atoms with van der Waals surface area (Å²) in [5.41, 5.74) is 2.62. The number of rotatable bonds is 5. The number of carbonyl (C=O) groups is 1. The van der Waals surface area contributed by atoms with E-state index in [2.05, 4.69) is 31.1 Å². The summed E-state index contributed by atoms with van der Waals surface area (Å²) in [4.78, 5) is 15.2. The molecule has 0 saturated carbocycles. The number of nitrogens with one attached hydrogen (secondary N) is 2. The molecule has 0 unspecified atom stereocenters. The fourth-order valence-corrected chi connectivity index (χ4v) is 4.10. The summed E-state index contributed by atoms with van der Waals surface area (Å²) >= 11 is 0. The molecule has 0 saturated heterocycles. The molecule has 3 N–H and O–H groups in total. The molecule has 1 aromatic carbocycles. The Kier molecular flexibility index (Phi) is 4.41. The number of carboxylic acid groups (broad SMARTS) is 1. The van der Waals surface area contributed by atoms with Crippen molar-refractivity contribution in [2.45, 2.75) is 45.2 Å². The van der Waals surface area contributed by atoms with Gasteiger partial charge in [0.1, 0.15) is 6.04 Å². The molecule has 2 heterocycles. The lowest BCUT2D eigenvalue weighted by molar-refractivity contribution is -0.140. The van der Waals surface area contributed by atoms with Gasteiger partial charge in [-0.15, -0.1) is 0 Å². The normalized spacial score (nSPS) is 22.9. The van der Waals surface area contributed by atoms with E-state index in [1.807, 2.05) is 12.1 Å². The molecule has 25 heavy (non-hydrogen) atoms. The quantitative estimate of drug-likeness (QED) is 0.775. The summed E-state index contributed by atoms with van der Waals surface area (Å²) in [6.07, 6.45) is 1.28. The number of aliphatic carboxylic acids is 1. The Morgan fingerprint density at radius 3 is 2.52 bits per heavy atom. The van der Waals surface area contributed by atoms with Gasteiger partial charge >= 0.3 is 5.97 Å². The van der Waals surface area contributed by atoms with Gasteiger partial charge < -0.3 is 19.6 Å². The molecule has 0 fully saturated rings. The Balaban J connectivity index is 2.22. The van der Waals surface area contributed by atoms with Gasteiger partial charge in [0.15, 0.2) is 11.5 Å². The van der Waals surface area contributed by atoms with Crippen LogP contribution in [0.3, 0.4) is 0 Å². The van der Waals surface area contributed by atoms with Crippen molar-refractivity contribution in [2.24, 2.45) is 5.92 Å². The second-order valence-electron chi connectivity index (χ2n) is 7.40. The standard InChI is InChI=1S/C19H26N2O4/c1-10(2)9-19(3)17-12(6-14(21-19)18(22)23)11-7-15(24-4)16(25-5)8-13(11)20-17/h7-8,10,14,20-21H,6,9H2,1-5H3,(H,22,23)/t14-,19-/m0/s1. The average molecular weight is 346 g/mol. The minimum absolute atomic E-state index is 0.424. The number of benzene rings is 1. The molecule has 1 aromatic heterocycles. The highest BCUT2D eigenvalue weighted by molar-refractivity contribution is 5.90. The van der Waals surface area contributed by atoms with Crippen LogP contribution in [0.25, 0.3) is 10.9 Å². The monoisotopic (exact) mass is 346 g/mol. The van der Waals surface area contributed by atoms with Crippen molar-refractivity contribution in [3.8, 4) is 11.5 Å². The fourth-order valence-electron chi connectivity index (χ4n) is 4.10. The van der Waals surface area contributed by atoms with E-state index in [-0.39, 0.29) is 0 Å². The van der Waals surface area contributed by atoms with Gasteiger partial charge in [-0.1, -0.05) is 13.8 Å². The predicted octanol–water partition coefficient (Wildman–Crippen LogP) is 3.05. The predicted molar refractivity (Wildman–Crippen MR) is 96.5 cm³/mol. The molecule has 0 amide bonds. The highest BCUT2D eigenvalue weighted by atomic mass is 16.5. The van der Waals surface area contributed by atoms with Gasteiger partial charge in [0.25, 0.3) is 0 Å². The number of H-pyrrole nitrogens is 1. The Hall–Kier alpha value is -2.21. The summed E-state index contributed by atoms with van der Waals surface area (Å²) < 4.78 is 10.8. The van der Waals surface area contributed by atoms with Crippen LogP contribution in [0.15, 0.2) is 12.1 Å². The third kappa shape index (κ3) is 2.95. The molecule has 0 spiro atoms. The molecular formula is C19H26N2O4. The number of hydrogen-bond acceptors (Lipinski definition) is 4. The summed E-state index contributed by atoms with van der Waals surface area (Å²) in [6.45, 7) is 6.36. The number of carboxylic acids is 1. The third-order valence-electron chi connectivity index (χ3n) is 4.98. The van der Waals surface area contributed by atoms with Crippen LogP contribution in [0.5, 0.6) is 11.5 Å². The highest BCUT2D eigenvalue weighted by Crippen LogP contribution is 2.42. The van der Waals surface area contributed by atoms with Crippen molar-refractivity contribution in [3.63, 3.8) is 0 Å². The SMILES string of the molecule is COc1cc2[nH]c3c(c2cc1OC)C[C@@H](C(=O)O)N[C@@]3(C)CC(C)C. The summed E-state index contributed by atoms with van der Waals surface area (Å²) in [5, 5.41) is 13.9. The van der Waals surface area contributed by atoms with Crippen LogP contribution >= 0.6 is 0 Å². The maximum Gasteiger partial charge on any atom is 0.321 e. The molecule has 0 bridgehead atoms. The van der Waals surface area contributed by atoms with Crippen LogP contribution in [-0.2, 0) is 16.8 Å². The zero-order valence-corrected chi connectivity index (χ0v) is 15.4. The zero-order chi connectivity index (χ0) is 18.4. The van der Waals surface area contributed by atoms with Gasteiger partial charge in [0, 0.05) is 29.1 Å². The molecular weight excluding hydrogens is 320 g/mol. The van der Waals surface area contributed by atoms with Crippen molar-refractivity contribution >= 4 is 16.9 Å². The Morgan fingerprint density at radius 1 is 1.32 bits per heavy atom. The van der Waals surface area contributed by atoms with Crippen LogP contribution in [-0.4, -0.2) is 36.3 Å². The second-order valence-corrected chi connectivity index (χ2v) is 7.40.